The van der Waals surface area contributed by atoms with Crippen LogP contribution in [0.1, 0.15) is 57.6 Å². The molecule has 2 aliphatic heterocycles. The highest BCUT2D eigenvalue weighted by Crippen LogP contribution is 2.36. The number of nitrogens with zero attached hydrogens (tertiary/aromatic N) is 1. The van der Waals surface area contributed by atoms with Gasteiger partial charge in [0.2, 0.25) is 0 Å². The molecule has 0 N–H and O–H groups in total. The summed E-state index contributed by atoms with van der Waals surface area (Å²) in [5, 5.41) is 0. The number of amides is 1. The van der Waals surface area contributed by atoms with Crippen LogP contribution in [0.3, 0.4) is 0 Å². The molecule has 154 valence electrons. The Bertz CT molecular complexity index is 780. The maximum atomic E-state index is 14.2. The molecule has 1 aromatic rings. The molecule has 2 bridgehead atoms. The fourth-order valence-corrected chi connectivity index (χ4v) is 3.96. The molecule has 2 unspecified atom stereocenters. The average molecular weight is 399 g/mol. The van der Waals surface area contributed by atoms with E-state index in [1.54, 1.807) is 4.90 Å². The normalized spacial score (nSPS) is 22.7. The highest BCUT2D eigenvalue weighted by atomic mass is 19.4. The summed E-state index contributed by atoms with van der Waals surface area (Å²) in [6, 6.07) is 2.53. The Morgan fingerprint density at radius 3 is 2.50 bits per heavy atom. The van der Waals surface area contributed by atoms with Gasteiger partial charge in [0.15, 0.2) is 0 Å². The van der Waals surface area contributed by atoms with Crippen molar-refractivity contribution in [3.05, 3.63) is 46.8 Å². The Labute approximate surface area is 162 Å². The van der Waals surface area contributed by atoms with Crippen LogP contribution in [0.2, 0.25) is 0 Å². The van der Waals surface area contributed by atoms with E-state index in [0.29, 0.717) is 12.5 Å². The lowest BCUT2D eigenvalue weighted by atomic mass is 9.83. The Kier molecular flexibility index (Phi) is 5.47. The number of piperidine rings is 1. The van der Waals surface area contributed by atoms with E-state index in [-0.39, 0.29) is 30.2 Å². The molecule has 2 heterocycles. The molecule has 3 rings (SSSR count). The third-order valence-electron chi connectivity index (χ3n) is 5.12. The first kappa shape index (κ1) is 20.7. The fourth-order valence-electron chi connectivity index (χ4n) is 3.96. The van der Waals surface area contributed by atoms with Crippen LogP contribution in [0.4, 0.5) is 22.4 Å². The van der Waals surface area contributed by atoms with Crippen LogP contribution in [0.25, 0.3) is 0 Å². The molecule has 7 heteroatoms. The Morgan fingerprint density at radius 1 is 1.21 bits per heavy atom. The SMILES string of the molecule is CC(C)(C)OC(=O)N1C2C=C(Cc3ccc(C(F)(F)F)cc3F)CC1CCC2. The van der Waals surface area contributed by atoms with Crippen LogP contribution in [0.15, 0.2) is 29.8 Å². The molecule has 0 spiro atoms. The maximum Gasteiger partial charge on any atom is 0.416 e. The number of carbonyl (C=O) groups is 1. The summed E-state index contributed by atoms with van der Waals surface area (Å²) in [4.78, 5) is 14.4. The second-order valence-electron chi connectivity index (χ2n) is 8.55. The zero-order valence-electron chi connectivity index (χ0n) is 16.3. The standard InChI is InChI=1S/C21H25F4NO2/c1-20(2,3)28-19(27)26-16-5-4-6-17(26)11-13(10-16)9-14-7-8-15(12-18(14)22)21(23,24)25/h7-8,10,12,16-17H,4-6,9,11H2,1-3H3. The molecule has 0 aromatic heterocycles. The number of halogens is 4. The van der Waals surface area contributed by atoms with E-state index in [1.807, 2.05) is 26.8 Å². The van der Waals surface area contributed by atoms with E-state index in [4.69, 9.17) is 4.74 Å². The number of rotatable bonds is 2. The number of ether oxygens (including phenoxy) is 1. The van der Waals surface area contributed by atoms with Crippen molar-refractivity contribution in [3.63, 3.8) is 0 Å². The summed E-state index contributed by atoms with van der Waals surface area (Å²) in [6.07, 6.45) is 0.503. The van der Waals surface area contributed by atoms with Crippen LogP contribution in [0.5, 0.6) is 0 Å². The fraction of sp³-hybridized carbons (Fsp3) is 0.571. The molecular formula is C21H25F4NO2. The lowest BCUT2D eigenvalue weighted by Crippen LogP contribution is -2.53. The molecule has 1 fully saturated rings. The summed E-state index contributed by atoms with van der Waals surface area (Å²) in [6.45, 7) is 5.46. The molecule has 1 amide bonds. The summed E-state index contributed by atoms with van der Waals surface area (Å²) in [5.41, 5.74) is -0.380. The minimum Gasteiger partial charge on any atom is -0.444 e. The van der Waals surface area contributed by atoms with Gasteiger partial charge in [-0.25, -0.2) is 9.18 Å². The van der Waals surface area contributed by atoms with Gasteiger partial charge in [0.1, 0.15) is 11.4 Å². The number of hydrogen-bond donors (Lipinski definition) is 0. The number of hydrogen-bond acceptors (Lipinski definition) is 2. The predicted octanol–water partition coefficient (Wildman–Crippen LogP) is 5.88. The van der Waals surface area contributed by atoms with Crippen molar-refractivity contribution in [1.82, 2.24) is 4.90 Å². The van der Waals surface area contributed by atoms with Gasteiger partial charge >= 0.3 is 12.3 Å². The van der Waals surface area contributed by atoms with Crippen molar-refractivity contribution in [3.8, 4) is 0 Å². The first-order valence-electron chi connectivity index (χ1n) is 9.50. The molecule has 0 saturated carbocycles. The van der Waals surface area contributed by atoms with E-state index in [9.17, 15) is 22.4 Å². The van der Waals surface area contributed by atoms with Crippen molar-refractivity contribution in [1.29, 1.82) is 0 Å². The largest absolute Gasteiger partial charge is 0.444 e. The van der Waals surface area contributed by atoms with Crippen molar-refractivity contribution in [2.75, 3.05) is 0 Å². The molecule has 1 aromatic carbocycles. The van der Waals surface area contributed by atoms with Crippen LogP contribution < -0.4 is 0 Å². The molecule has 2 aliphatic rings. The highest BCUT2D eigenvalue weighted by Gasteiger charge is 2.39. The second kappa shape index (κ2) is 7.41. The van der Waals surface area contributed by atoms with E-state index < -0.39 is 23.2 Å². The van der Waals surface area contributed by atoms with Crippen LogP contribution in [-0.2, 0) is 17.3 Å². The first-order valence-corrected chi connectivity index (χ1v) is 9.50. The number of benzene rings is 1. The van der Waals surface area contributed by atoms with Gasteiger partial charge in [-0.3, -0.25) is 4.90 Å². The Hall–Kier alpha value is -2.05. The van der Waals surface area contributed by atoms with Gasteiger partial charge in [0, 0.05) is 6.04 Å². The van der Waals surface area contributed by atoms with Crippen molar-refractivity contribution < 1.29 is 27.1 Å². The lowest BCUT2D eigenvalue weighted by Gasteiger charge is -2.45. The number of fused-ring (bicyclic) bond motifs is 2. The van der Waals surface area contributed by atoms with Crippen LogP contribution in [0, 0.1) is 5.82 Å². The number of carbonyl (C=O) groups excluding carboxylic acids is 1. The predicted molar refractivity (Wildman–Crippen MR) is 97.3 cm³/mol. The summed E-state index contributed by atoms with van der Waals surface area (Å²) < 4.78 is 57.9. The van der Waals surface area contributed by atoms with Crippen LogP contribution in [-0.4, -0.2) is 28.7 Å². The van der Waals surface area contributed by atoms with E-state index >= 15 is 0 Å². The monoisotopic (exact) mass is 399 g/mol. The number of alkyl halides is 3. The third-order valence-corrected chi connectivity index (χ3v) is 5.12. The quantitative estimate of drug-likeness (QED) is 0.459. The van der Waals surface area contributed by atoms with Gasteiger partial charge in [0.05, 0.1) is 11.6 Å². The summed E-state index contributed by atoms with van der Waals surface area (Å²) in [5.74, 6) is -0.851. The molecule has 1 saturated heterocycles. The maximum absolute atomic E-state index is 14.2. The van der Waals surface area contributed by atoms with Gasteiger partial charge in [0.25, 0.3) is 0 Å². The molecular weight excluding hydrogens is 374 g/mol. The van der Waals surface area contributed by atoms with Crippen molar-refractivity contribution >= 4 is 6.09 Å². The topological polar surface area (TPSA) is 29.5 Å². The molecule has 2 atom stereocenters. The molecule has 0 radical (unpaired) electrons. The highest BCUT2D eigenvalue weighted by molar-refractivity contribution is 5.70. The summed E-state index contributed by atoms with van der Waals surface area (Å²) in [7, 11) is 0. The van der Waals surface area contributed by atoms with Crippen LogP contribution >= 0.6 is 0 Å². The van der Waals surface area contributed by atoms with E-state index in [1.165, 1.54) is 6.07 Å². The molecule has 28 heavy (non-hydrogen) atoms. The first-order chi connectivity index (χ1) is 12.9. The minimum atomic E-state index is -4.56. The zero-order valence-corrected chi connectivity index (χ0v) is 16.3. The van der Waals surface area contributed by atoms with E-state index in [0.717, 1.165) is 30.9 Å². The van der Waals surface area contributed by atoms with Crippen molar-refractivity contribution in [2.45, 2.75) is 76.7 Å². The Balaban J connectivity index is 1.77. The van der Waals surface area contributed by atoms with Gasteiger partial charge in [-0.1, -0.05) is 17.7 Å². The lowest BCUT2D eigenvalue weighted by molar-refractivity contribution is -0.137. The average Bonchev–Trinajstić information content (AvgIpc) is 2.53. The smallest absolute Gasteiger partial charge is 0.416 e. The second-order valence-corrected chi connectivity index (χ2v) is 8.55. The molecule has 0 aliphatic carbocycles. The van der Waals surface area contributed by atoms with Gasteiger partial charge in [-0.15, -0.1) is 0 Å². The minimum absolute atomic E-state index is 0.0221. The van der Waals surface area contributed by atoms with Gasteiger partial charge < -0.3 is 4.74 Å². The van der Waals surface area contributed by atoms with Crippen molar-refractivity contribution in [2.24, 2.45) is 0 Å². The molecule has 3 nitrogen and oxygen atoms in total. The zero-order chi connectivity index (χ0) is 20.7. The van der Waals surface area contributed by atoms with Gasteiger partial charge in [-0.2, -0.15) is 13.2 Å². The van der Waals surface area contributed by atoms with E-state index in [2.05, 4.69) is 0 Å². The summed E-state index contributed by atoms with van der Waals surface area (Å²) >= 11 is 0. The third kappa shape index (κ3) is 4.67. The Morgan fingerprint density at radius 2 is 1.93 bits per heavy atom. The van der Waals surface area contributed by atoms with Gasteiger partial charge in [-0.05, 0) is 70.6 Å².